The van der Waals surface area contributed by atoms with Crippen LogP contribution in [0, 0.1) is 17.5 Å². The first-order valence-corrected chi connectivity index (χ1v) is 5.80. The molecule has 0 N–H and O–H groups in total. The fourth-order valence-corrected chi connectivity index (χ4v) is 2.33. The molecule has 0 radical (unpaired) electrons. The molecule has 0 amide bonds. The zero-order valence-corrected chi connectivity index (χ0v) is 9.81. The number of carbonyl (C=O) groups is 1. The lowest BCUT2D eigenvalue weighted by atomic mass is 10.2. The molecule has 0 heterocycles. The number of benzene rings is 2. The molecule has 92 valence electrons. The van der Waals surface area contributed by atoms with Crippen LogP contribution in [0.1, 0.15) is 10.4 Å². The Morgan fingerprint density at radius 2 is 1.72 bits per heavy atom. The second kappa shape index (κ2) is 5.27. The van der Waals surface area contributed by atoms with Crippen molar-refractivity contribution in [3.63, 3.8) is 0 Å². The van der Waals surface area contributed by atoms with Crippen LogP contribution in [0.25, 0.3) is 0 Å². The number of aldehydes is 1. The van der Waals surface area contributed by atoms with Gasteiger partial charge in [-0.25, -0.2) is 13.2 Å². The van der Waals surface area contributed by atoms with Crippen LogP contribution in [0.4, 0.5) is 13.2 Å². The van der Waals surface area contributed by atoms with E-state index in [1.54, 1.807) is 0 Å². The van der Waals surface area contributed by atoms with Crippen LogP contribution in [0.3, 0.4) is 0 Å². The van der Waals surface area contributed by atoms with Gasteiger partial charge in [0.05, 0.1) is 5.56 Å². The predicted octanol–water partition coefficient (Wildman–Crippen LogP) is 4.07. The first-order chi connectivity index (χ1) is 8.61. The van der Waals surface area contributed by atoms with Gasteiger partial charge < -0.3 is 0 Å². The summed E-state index contributed by atoms with van der Waals surface area (Å²) in [6, 6.07) is 7.16. The Morgan fingerprint density at radius 1 is 0.944 bits per heavy atom. The van der Waals surface area contributed by atoms with Crippen molar-refractivity contribution in [3.8, 4) is 0 Å². The number of rotatable bonds is 3. The molecule has 0 spiro atoms. The predicted molar refractivity (Wildman–Crippen MR) is 62.3 cm³/mol. The van der Waals surface area contributed by atoms with E-state index >= 15 is 0 Å². The number of hydrogen-bond acceptors (Lipinski definition) is 2. The summed E-state index contributed by atoms with van der Waals surface area (Å²) in [6.45, 7) is 0. The highest BCUT2D eigenvalue weighted by molar-refractivity contribution is 7.99. The third kappa shape index (κ3) is 2.56. The summed E-state index contributed by atoms with van der Waals surface area (Å²) < 4.78 is 39.5. The van der Waals surface area contributed by atoms with Crippen molar-refractivity contribution < 1.29 is 18.0 Å². The zero-order chi connectivity index (χ0) is 13.1. The van der Waals surface area contributed by atoms with Crippen molar-refractivity contribution in [2.75, 3.05) is 0 Å². The lowest BCUT2D eigenvalue weighted by molar-refractivity contribution is 0.111. The molecule has 0 saturated carbocycles. The maximum atomic E-state index is 13.4. The number of hydrogen-bond donors (Lipinski definition) is 0. The summed E-state index contributed by atoms with van der Waals surface area (Å²) in [5.41, 5.74) is -0.133. The molecule has 0 aromatic heterocycles. The molecule has 0 aliphatic carbocycles. The maximum Gasteiger partial charge on any atom is 0.154 e. The van der Waals surface area contributed by atoms with Crippen molar-refractivity contribution in [1.29, 1.82) is 0 Å². The molecule has 2 rings (SSSR count). The molecule has 0 saturated heterocycles. The molecular weight excluding hydrogens is 261 g/mol. The van der Waals surface area contributed by atoms with E-state index in [4.69, 9.17) is 0 Å². The van der Waals surface area contributed by atoms with Crippen LogP contribution in [0.2, 0.25) is 0 Å². The molecule has 0 atom stereocenters. The summed E-state index contributed by atoms with van der Waals surface area (Å²) in [7, 11) is 0. The molecule has 0 unspecified atom stereocenters. The van der Waals surface area contributed by atoms with Gasteiger partial charge in [0, 0.05) is 15.9 Å². The van der Waals surface area contributed by atoms with E-state index in [-0.39, 0.29) is 15.4 Å². The Hall–Kier alpha value is -1.75. The molecule has 0 bridgehead atoms. The van der Waals surface area contributed by atoms with Crippen LogP contribution >= 0.6 is 11.8 Å². The minimum absolute atomic E-state index is 0.130. The summed E-state index contributed by atoms with van der Waals surface area (Å²) in [5.74, 6) is -2.11. The largest absolute Gasteiger partial charge is 0.298 e. The summed E-state index contributed by atoms with van der Waals surface area (Å²) in [5, 5.41) is 0. The van der Waals surface area contributed by atoms with Gasteiger partial charge in [-0.05, 0) is 24.3 Å². The lowest BCUT2D eigenvalue weighted by Gasteiger charge is -2.06. The highest BCUT2D eigenvalue weighted by Gasteiger charge is 2.11. The van der Waals surface area contributed by atoms with Crippen LogP contribution in [0.5, 0.6) is 0 Å². The topological polar surface area (TPSA) is 17.1 Å². The molecule has 2 aromatic carbocycles. The lowest BCUT2D eigenvalue weighted by Crippen LogP contribution is -1.91. The van der Waals surface area contributed by atoms with E-state index in [9.17, 15) is 18.0 Å². The van der Waals surface area contributed by atoms with Crippen LogP contribution < -0.4 is 0 Å². The van der Waals surface area contributed by atoms with Gasteiger partial charge in [0.15, 0.2) is 6.29 Å². The zero-order valence-electron chi connectivity index (χ0n) is 8.99. The van der Waals surface area contributed by atoms with Gasteiger partial charge in [-0.1, -0.05) is 17.8 Å². The smallest absolute Gasteiger partial charge is 0.154 e. The summed E-state index contributed by atoms with van der Waals surface area (Å²) >= 11 is 0.875. The van der Waals surface area contributed by atoms with E-state index < -0.39 is 17.5 Å². The molecule has 0 aliphatic heterocycles. The molecule has 0 fully saturated rings. The van der Waals surface area contributed by atoms with Gasteiger partial charge in [-0.3, -0.25) is 4.79 Å². The van der Waals surface area contributed by atoms with Crippen molar-refractivity contribution in [3.05, 3.63) is 59.4 Å². The SMILES string of the molecule is O=Cc1c(F)cccc1Sc1ccc(F)cc1F. The van der Waals surface area contributed by atoms with Crippen molar-refractivity contribution in [2.45, 2.75) is 9.79 Å². The van der Waals surface area contributed by atoms with Crippen molar-refractivity contribution in [2.24, 2.45) is 0 Å². The number of halogens is 3. The minimum Gasteiger partial charge on any atom is -0.298 e. The third-order valence-electron chi connectivity index (χ3n) is 2.24. The normalized spacial score (nSPS) is 10.4. The average Bonchev–Trinajstić information content (AvgIpc) is 2.33. The minimum atomic E-state index is -0.749. The van der Waals surface area contributed by atoms with E-state index in [1.165, 1.54) is 18.2 Å². The fraction of sp³-hybridized carbons (Fsp3) is 0. The average molecular weight is 268 g/mol. The van der Waals surface area contributed by atoms with Crippen LogP contribution in [-0.4, -0.2) is 6.29 Å². The Balaban J connectivity index is 2.40. The Labute approximate surface area is 106 Å². The quantitative estimate of drug-likeness (QED) is 0.781. The van der Waals surface area contributed by atoms with Gasteiger partial charge in [-0.2, -0.15) is 0 Å². The van der Waals surface area contributed by atoms with Crippen molar-refractivity contribution in [1.82, 2.24) is 0 Å². The van der Waals surface area contributed by atoms with E-state index in [2.05, 4.69) is 0 Å². The van der Waals surface area contributed by atoms with E-state index in [0.717, 1.165) is 30.0 Å². The molecule has 0 aliphatic rings. The Morgan fingerprint density at radius 3 is 2.39 bits per heavy atom. The molecule has 18 heavy (non-hydrogen) atoms. The maximum absolute atomic E-state index is 13.4. The molecule has 5 heteroatoms. The van der Waals surface area contributed by atoms with E-state index in [1.807, 2.05) is 0 Å². The third-order valence-corrected chi connectivity index (χ3v) is 3.37. The summed E-state index contributed by atoms with van der Waals surface area (Å²) in [6.07, 6.45) is 0.374. The van der Waals surface area contributed by atoms with Crippen LogP contribution in [0.15, 0.2) is 46.2 Å². The summed E-state index contributed by atoms with van der Waals surface area (Å²) in [4.78, 5) is 11.2. The number of carbonyl (C=O) groups excluding carboxylic acids is 1. The highest BCUT2D eigenvalue weighted by atomic mass is 32.2. The van der Waals surface area contributed by atoms with Gasteiger partial charge in [0.2, 0.25) is 0 Å². The molecule has 2 aromatic rings. The molecular formula is C13H7F3OS. The fourth-order valence-electron chi connectivity index (χ4n) is 1.40. The van der Waals surface area contributed by atoms with E-state index in [0.29, 0.717) is 6.29 Å². The van der Waals surface area contributed by atoms with Gasteiger partial charge >= 0.3 is 0 Å². The first-order valence-electron chi connectivity index (χ1n) is 4.98. The van der Waals surface area contributed by atoms with Crippen molar-refractivity contribution >= 4 is 18.0 Å². The van der Waals surface area contributed by atoms with Gasteiger partial charge in [0.25, 0.3) is 0 Å². The van der Waals surface area contributed by atoms with Gasteiger partial charge in [0.1, 0.15) is 17.5 Å². The Kier molecular flexibility index (Phi) is 3.72. The Bertz CT molecular complexity index is 599. The second-order valence-corrected chi connectivity index (χ2v) is 4.53. The second-order valence-electron chi connectivity index (χ2n) is 3.45. The first kappa shape index (κ1) is 12.7. The highest BCUT2D eigenvalue weighted by Crippen LogP contribution is 2.32. The van der Waals surface area contributed by atoms with Crippen LogP contribution in [-0.2, 0) is 0 Å². The molecule has 1 nitrogen and oxygen atoms in total. The van der Waals surface area contributed by atoms with Gasteiger partial charge in [-0.15, -0.1) is 0 Å². The monoisotopic (exact) mass is 268 g/mol. The standard InChI is InChI=1S/C13H7F3OS/c14-8-4-5-13(11(16)6-8)18-12-3-1-2-10(15)9(12)7-17/h1-7H.